The van der Waals surface area contributed by atoms with Crippen LogP contribution in [0.25, 0.3) is 0 Å². The first-order chi connectivity index (χ1) is 20.7. The molecule has 12 nitrogen and oxygen atoms in total. The number of hydrogen-bond donors (Lipinski definition) is 1. The molecule has 3 rings (SSSR count). The molecule has 3 saturated heterocycles. The van der Waals surface area contributed by atoms with E-state index in [0.29, 0.717) is 6.42 Å². The standard InChI is InChI=1S/C31H53FN3O9P/c1-15-14-29(6,40-12)25(43-26-22(44-45)20(34(9)10)13-16(2)41-26)18(4)24(37)30(7,32)27(38)42-19(5)31(8)23(17(3)21(15)36)35(11)28(39)33-31/h15-20,22-23,25-26H,13-14,45H2,1-12H3,(H,33,39)/t15-,16-,17+,18+,19-,20?,22?,23?,25?,26?,29?,30?,31?/m1/s1. The predicted octanol–water partition coefficient (Wildman–Crippen LogP) is 2.91. The number of esters is 1. The van der Waals surface area contributed by atoms with Gasteiger partial charge >= 0.3 is 12.0 Å². The van der Waals surface area contributed by atoms with E-state index >= 15 is 4.39 Å². The Kier molecular flexibility index (Phi) is 11.5. The monoisotopic (exact) mass is 661 g/mol. The molecule has 0 saturated carbocycles. The predicted molar refractivity (Wildman–Crippen MR) is 167 cm³/mol. The summed E-state index contributed by atoms with van der Waals surface area (Å²) in [6.45, 7) is 12.6. The summed E-state index contributed by atoms with van der Waals surface area (Å²) < 4.78 is 46.6. The van der Waals surface area contributed by atoms with E-state index in [1.807, 2.05) is 25.9 Å². The zero-order valence-electron chi connectivity index (χ0n) is 28.7. The molecule has 0 bridgehead atoms. The number of nitrogens with zero attached hydrogens (tertiary/aromatic N) is 2. The van der Waals surface area contributed by atoms with Crippen molar-refractivity contribution in [2.24, 2.45) is 17.8 Å². The number of hydrogen-bond acceptors (Lipinski definition) is 10. The maximum atomic E-state index is 16.4. The third kappa shape index (κ3) is 6.94. The van der Waals surface area contributed by atoms with Crippen LogP contribution in [0.4, 0.5) is 9.18 Å². The van der Waals surface area contributed by atoms with Crippen molar-refractivity contribution in [3.05, 3.63) is 0 Å². The molecule has 0 radical (unpaired) electrons. The first kappa shape index (κ1) is 37.7. The van der Waals surface area contributed by atoms with Crippen LogP contribution in [0.15, 0.2) is 0 Å². The number of carbonyl (C=O) groups is 4. The summed E-state index contributed by atoms with van der Waals surface area (Å²) in [6.07, 6.45) is -3.40. The van der Waals surface area contributed by atoms with Gasteiger partial charge in [-0.3, -0.25) is 9.59 Å². The number of carbonyl (C=O) groups excluding carboxylic acids is 4. The molecule has 0 aliphatic carbocycles. The second-order valence-corrected chi connectivity index (χ2v) is 14.3. The minimum Gasteiger partial charge on any atom is -0.457 e. The van der Waals surface area contributed by atoms with Gasteiger partial charge in [0.1, 0.15) is 18.0 Å². The van der Waals surface area contributed by atoms with Crippen molar-refractivity contribution in [3.63, 3.8) is 0 Å². The number of halogens is 1. The summed E-state index contributed by atoms with van der Waals surface area (Å²) in [6, 6.07) is -1.33. The molecule has 0 aromatic heterocycles. The van der Waals surface area contributed by atoms with E-state index in [2.05, 4.69) is 14.8 Å². The van der Waals surface area contributed by atoms with Gasteiger partial charge in [-0.2, -0.15) is 0 Å². The summed E-state index contributed by atoms with van der Waals surface area (Å²) in [4.78, 5) is 57.7. The molecule has 14 heteroatoms. The average molecular weight is 662 g/mol. The van der Waals surface area contributed by atoms with Gasteiger partial charge in [0.2, 0.25) is 0 Å². The van der Waals surface area contributed by atoms with Crippen LogP contribution < -0.4 is 5.32 Å². The highest BCUT2D eigenvalue weighted by Crippen LogP contribution is 2.41. The summed E-state index contributed by atoms with van der Waals surface area (Å²) in [5.41, 5.74) is -5.68. The van der Waals surface area contributed by atoms with Crippen molar-refractivity contribution in [3.8, 4) is 0 Å². The Morgan fingerprint density at radius 1 is 1.04 bits per heavy atom. The Hall–Kier alpha value is -1.76. The van der Waals surface area contributed by atoms with E-state index in [9.17, 15) is 19.2 Å². The first-order valence-corrected chi connectivity index (χ1v) is 16.1. The third-order valence-corrected chi connectivity index (χ3v) is 10.8. The zero-order valence-corrected chi connectivity index (χ0v) is 29.9. The number of cyclic esters (lactones) is 1. The fraction of sp³-hybridized carbons (Fsp3) is 0.871. The second-order valence-electron chi connectivity index (χ2n) is 14.0. The van der Waals surface area contributed by atoms with Gasteiger partial charge < -0.3 is 38.6 Å². The van der Waals surface area contributed by atoms with Gasteiger partial charge in [-0.1, -0.05) is 20.8 Å². The van der Waals surface area contributed by atoms with Crippen molar-refractivity contribution in [2.75, 3.05) is 28.3 Å². The van der Waals surface area contributed by atoms with Gasteiger partial charge in [-0.05, 0) is 61.6 Å². The molecule has 9 unspecified atom stereocenters. The number of ketones is 2. The highest BCUT2D eigenvalue weighted by molar-refractivity contribution is 7.09. The van der Waals surface area contributed by atoms with Crippen molar-refractivity contribution >= 4 is 33.0 Å². The van der Waals surface area contributed by atoms with Gasteiger partial charge in [0.25, 0.3) is 5.67 Å². The molecule has 3 fully saturated rings. The van der Waals surface area contributed by atoms with Crippen LogP contribution in [-0.4, -0.2) is 121 Å². The number of nitrogens with one attached hydrogen (secondary N) is 1. The van der Waals surface area contributed by atoms with Crippen LogP contribution in [0, 0.1) is 17.8 Å². The minimum atomic E-state index is -3.08. The number of likely N-dealkylation sites (N-methyl/N-ethyl adjacent to an activating group) is 2. The van der Waals surface area contributed by atoms with Crippen LogP contribution in [0.5, 0.6) is 0 Å². The topological polar surface area (TPSA) is 133 Å². The minimum absolute atomic E-state index is 0.0816. The highest BCUT2D eigenvalue weighted by atomic mass is 31.0. The Morgan fingerprint density at radius 2 is 1.64 bits per heavy atom. The number of rotatable bonds is 5. The molecular formula is C31H53FN3O9P. The molecule has 1 N–H and O–H groups in total. The number of alkyl halides is 1. The molecule has 258 valence electrons. The van der Waals surface area contributed by atoms with Crippen molar-refractivity contribution in [1.82, 2.24) is 15.1 Å². The summed E-state index contributed by atoms with van der Waals surface area (Å²) in [5, 5.41) is 2.82. The average Bonchev–Trinajstić information content (AvgIpc) is 3.21. The maximum absolute atomic E-state index is 16.4. The van der Waals surface area contributed by atoms with E-state index in [4.69, 9.17) is 23.5 Å². The summed E-state index contributed by atoms with van der Waals surface area (Å²) in [7, 11) is 9.05. The number of urea groups is 1. The molecule has 45 heavy (non-hydrogen) atoms. The molecular weight excluding hydrogens is 608 g/mol. The molecule has 0 spiro atoms. The largest absolute Gasteiger partial charge is 0.457 e. The maximum Gasteiger partial charge on any atom is 0.351 e. The number of methoxy groups -OCH3 is 1. The number of ether oxygens (including phenoxy) is 4. The SMILES string of the molecule is COC1(C)C[C@@H](C)C(=O)[C@H](C)C2N(C)C(=O)NC2(C)[C@@H](C)OC(=O)C(C)(F)C(=O)[C@H](C)C1OC1O[C@H](C)CC(N(C)C)C1OP. The lowest BCUT2D eigenvalue weighted by atomic mass is 9.73. The molecule has 0 aromatic rings. The zero-order chi connectivity index (χ0) is 34.4. The van der Waals surface area contributed by atoms with E-state index in [-0.39, 0.29) is 24.3 Å². The van der Waals surface area contributed by atoms with Crippen LogP contribution in [0.2, 0.25) is 0 Å². The lowest BCUT2D eigenvalue weighted by Gasteiger charge is -2.48. The summed E-state index contributed by atoms with van der Waals surface area (Å²) in [5.74, 6) is -5.27. The Labute approximate surface area is 269 Å². The van der Waals surface area contributed by atoms with Gasteiger partial charge in [0.15, 0.2) is 12.1 Å². The second kappa shape index (κ2) is 13.8. The van der Waals surface area contributed by atoms with E-state index < -0.39 is 83.0 Å². The van der Waals surface area contributed by atoms with Gasteiger partial charge in [-0.25, -0.2) is 14.0 Å². The van der Waals surface area contributed by atoms with Crippen LogP contribution >= 0.6 is 9.47 Å². The Bertz CT molecular complexity index is 1140. The van der Waals surface area contributed by atoms with E-state index in [1.54, 1.807) is 34.7 Å². The van der Waals surface area contributed by atoms with Crippen LogP contribution in [0.3, 0.4) is 0 Å². The Balaban J connectivity index is 2.15. The molecule has 0 aromatic carbocycles. The highest BCUT2D eigenvalue weighted by Gasteiger charge is 2.59. The lowest BCUT2D eigenvalue weighted by Crippen LogP contribution is -2.62. The number of fused-ring (bicyclic) bond motifs is 1. The Morgan fingerprint density at radius 3 is 2.18 bits per heavy atom. The first-order valence-electron chi connectivity index (χ1n) is 15.6. The van der Waals surface area contributed by atoms with Crippen LogP contribution in [0.1, 0.15) is 68.2 Å². The van der Waals surface area contributed by atoms with Gasteiger partial charge in [0.05, 0.1) is 29.4 Å². The third-order valence-electron chi connectivity index (χ3n) is 10.4. The summed E-state index contributed by atoms with van der Waals surface area (Å²) >= 11 is 0. The fourth-order valence-corrected chi connectivity index (χ4v) is 7.84. The lowest BCUT2D eigenvalue weighted by molar-refractivity contribution is -0.290. The van der Waals surface area contributed by atoms with Gasteiger partial charge in [0, 0.05) is 47.4 Å². The van der Waals surface area contributed by atoms with E-state index in [0.717, 1.165) is 6.92 Å². The normalized spacial score (nSPS) is 45.6. The quantitative estimate of drug-likeness (QED) is 0.267. The number of Topliss-reactive ketones (excluding diaryl/α,β-unsaturated/α-hetero) is 2. The molecule has 14 atom stereocenters. The smallest absolute Gasteiger partial charge is 0.351 e. The number of amides is 2. The molecule has 3 heterocycles. The van der Waals surface area contributed by atoms with Crippen molar-refractivity contribution in [2.45, 2.75) is 128 Å². The van der Waals surface area contributed by atoms with Crippen LogP contribution in [-0.2, 0) is 37.9 Å². The van der Waals surface area contributed by atoms with Crippen molar-refractivity contribution in [1.29, 1.82) is 0 Å². The molecule has 2 amide bonds. The van der Waals surface area contributed by atoms with Crippen molar-refractivity contribution < 1.29 is 47.0 Å². The molecule has 3 aliphatic rings. The fourth-order valence-electron chi connectivity index (χ4n) is 7.53. The molecule has 3 aliphatic heterocycles. The van der Waals surface area contributed by atoms with E-state index in [1.165, 1.54) is 25.9 Å². The van der Waals surface area contributed by atoms with Gasteiger partial charge in [-0.15, -0.1) is 0 Å².